The number of ether oxygens (including phenoxy) is 1. The van der Waals surface area contributed by atoms with Crippen LogP contribution < -0.4 is 25.8 Å². The van der Waals surface area contributed by atoms with Gasteiger partial charge in [0.1, 0.15) is 11.6 Å². The molecule has 1 fully saturated rings. The largest absolute Gasteiger partial charge is 0.494 e. The summed E-state index contributed by atoms with van der Waals surface area (Å²) in [5.41, 5.74) is 0.352. The third-order valence-electron chi connectivity index (χ3n) is 5.76. The van der Waals surface area contributed by atoms with E-state index in [1.165, 1.54) is 0 Å². The minimum Gasteiger partial charge on any atom is -0.494 e. The van der Waals surface area contributed by atoms with E-state index in [1.807, 2.05) is 11.8 Å². The molecule has 1 saturated heterocycles. The minimum absolute atomic E-state index is 0.111. The highest BCUT2D eigenvalue weighted by molar-refractivity contribution is 6.04. The summed E-state index contributed by atoms with van der Waals surface area (Å²) in [5, 5.41) is 5.46. The molecule has 9 heteroatoms. The fourth-order valence-electron chi connectivity index (χ4n) is 4.16. The predicted octanol–water partition coefficient (Wildman–Crippen LogP) is 2.61. The van der Waals surface area contributed by atoms with Gasteiger partial charge in [-0.05, 0) is 57.4 Å². The van der Waals surface area contributed by atoms with Crippen molar-refractivity contribution in [1.82, 2.24) is 9.97 Å². The summed E-state index contributed by atoms with van der Waals surface area (Å²) in [6.45, 7) is 5.32. The van der Waals surface area contributed by atoms with E-state index < -0.39 is 17.4 Å². The zero-order valence-corrected chi connectivity index (χ0v) is 17.7. The number of aromatic amines is 1. The van der Waals surface area contributed by atoms with Crippen LogP contribution in [0.15, 0.2) is 29.1 Å². The Morgan fingerprint density at radius 2 is 2.03 bits per heavy atom. The van der Waals surface area contributed by atoms with Crippen molar-refractivity contribution in [3.63, 3.8) is 0 Å². The number of anilines is 3. The summed E-state index contributed by atoms with van der Waals surface area (Å²) in [6.07, 6.45) is 3.06. The number of benzene rings is 1. The summed E-state index contributed by atoms with van der Waals surface area (Å²) >= 11 is 0. The van der Waals surface area contributed by atoms with E-state index in [0.29, 0.717) is 24.0 Å². The lowest BCUT2D eigenvalue weighted by molar-refractivity contribution is -0.123. The van der Waals surface area contributed by atoms with Crippen LogP contribution in [0.1, 0.15) is 51.0 Å². The molecule has 31 heavy (non-hydrogen) atoms. The number of piperidine rings is 1. The third kappa shape index (κ3) is 4.40. The van der Waals surface area contributed by atoms with Crippen molar-refractivity contribution < 1.29 is 14.3 Å². The lowest BCUT2D eigenvalue weighted by atomic mass is 9.92. The minimum atomic E-state index is -0.917. The summed E-state index contributed by atoms with van der Waals surface area (Å²) < 4.78 is 5.40. The number of rotatable bonds is 5. The van der Waals surface area contributed by atoms with Crippen molar-refractivity contribution in [3.8, 4) is 5.75 Å². The highest BCUT2D eigenvalue weighted by atomic mass is 16.5. The number of hydrogen-bond donors (Lipinski definition) is 3. The van der Waals surface area contributed by atoms with Gasteiger partial charge in [0.25, 0.3) is 5.56 Å². The lowest BCUT2D eigenvalue weighted by Crippen LogP contribution is -2.41. The Balaban J connectivity index is 1.60. The second-order valence-corrected chi connectivity index (χ2v) is 7.94. The maximum absolute atomic E-state index is 13.0. The molecule has 0 radical (unpaired) electrons. The van der Waals surface area contributed by atoms with Crippen LogP contribution in [0, 0.1) is 0 Å². The average Bonchev–Trinajstić information content (AvgIpc) is 2.74. The second-order valence-electron chi connectivity index (χ2n) is 7.94. The van der Waals surface area contributed by atoms with Gasteiger partial charge in [-0.25, -0.2) is 0 Å². The van der Waals surface area contributed by atoms with Crippen LogP contribution in [0.4, 0.5) is 17.5 Å². The van der Waals surface area contributed by atoms with Crippen LogP contribution >= 0.6 is 0 Å². The molecule has 2 atom stereocenters. The van der Waals surface area contributed by atoms with Crippen molar-refractivity contribution in [3.05, 3.63) is 40.2 Å². The van der Waals surface area contributed by atoms with Crippen molar-refractivity contribution >= 4 is 29.3 Å². The van der Waals surface area contributed by atoms with E-state index in [2.05, 4.69) is 27.5 Å². The molecule has 1 aromatic carbocycles. The first-order chi connectivity index (χ1) is 15.0. The quantitative estimate of drug-likeness (QED) is 0.678. The standard InChI is InChI=1S/C22H27N5O4/c1-3-31-15-9-7-14(8-10-15)23-20(29)16-12-17(28)24-19-18(16)21(30)26-22(25-19)27-11-5-4-6-13(27)2/h7-10,13,16H,3-6,11-12H2,1-2H3,(H,23,29)(H2,24,25,26,28,30)/t13-,16+/m1/s1. The fraction of sp³-hybridized carbons (Fsp3) is 0.455. The fourth-order valence-corrected chi connectivity index (χ4v) is 4.16. The first-order valence-corrected chi connectivity index (χ1v) is 10.7. The van der Waals surface area contributed by atoms with Crippen LogP contribution in [0.2, 0.25) is 0 Å². The molecule has 0 aliphatic carbocycles. The second kappa shape index (κ2) is 8.79. The van der Waals surface area contributed by atoms with Crippen LogP contribution in [0.3, 0.4) is 0 Å². The van der Waals surface area contributed by atoms with Crippen molar-refractivity contribution in [1.29, 1.82) is 0 Å². The van der Waals surface area contributed by atoms with E-state index in [9.17, 15) is 14.4 Å². The normalized spacial score (nSPS) is 20.6. The third-order valence-corrected chi connectivity index (χ3v) is 5.76. The van der Waals surface area contributed by atoms with Crippen LogP contribution in [-0.2, 0) is 9.59 Å². The summed E-state index contributed by atoms with van der Waals surface area (Å²) in [5.74, 6) is -0.382. The molecule has 0 bridgehead atoms. The summed E-state index contributed by atoms with van der Waals surface area (Å²) in [4.78, 5) is 47.6. The van der Waals surface area contributed by atoms with Gasteiger partial charge < -0.3 is 20.3 Å². The van der Waals surface area contributed by atoms with Gasteiger partial charge in [-0.2, -0.15) is 4.98 Å². The van der Waals surface area contributed by atoms with Gasteiger partial charge in [-0.3, -0.25) is 19.4 Å². The average molecular weight is 425 g/mol. The van der Waals surface area contributed by atoms with E-state index >= 15 is 0 Å². The predicted molar refractivity (Wildman–Crippen MR) is 118 cm³/mol. The number of carbonyl (C=O) groups is 2. The monoisotopic (exact) mass is 425 g/mol. The molecule has 9 nitrogen and oxygen atoms in total. The Bertz CT molecular complexity index is 1030. The Morgan fingerprint density at radius 3 is 2.74 bits per heavy atom. The van der Waals surface area contributed by atoms with Crippen molar-refractivity contribution in [2.24, 2.45) is 0 Å². The van der Waals surface area contributed by atoms with E-state index in [0.717, 1.165) is 25.8 Å². The molecule has 0 unspecified atom stereocenters. The van der Waals surface area contributed by atoms with Gasteiger partial charge in [0.2, 0.25) is 17.8 Å². The van der Waals surface area contributed by atoms with Crippen LogP contribution in [0.25, 0.3) is 0 Å². The zero-order valence-electron chi connectivity index (χ0n) is 17.7. The van der Waals surface area contributed by atoms with E-state index in [1.54, 1.807) is 24.3 Å². The molecule has 3 N–H and O–H groups in total. The maximum Gasteiger partial charge on any atom is 0.258 e. The van der Waals surface area contributed by atoms with Gasteiger partial charge in [0.05, 0.1) is 18.1 Å². The van der Waals surface area contributed by atoms with Gasteiger partial charge >= 0.3 is 0 Å². The number of carbonyl (C=O) groups excluding carboxylic acids is 2. The zero-order chi connectivity index (χ0) is 22.0. The van der Waals surface area contributed by atoms with Gasteiger partial charge in [-0.15, -0.1) is 0 Å². The van der Waals surface area contributed by atoms with E-state index in [4.69, 9.17) is 4.74 Å². The molecule has 2 aliphatic rings. The molecular weight excluding hydrogens is 398 g/mol. The summed E-state index contributed by atoms with van der Waals surface area (Å²) in [7, 11) is 0. The number of fused-ring (bicyclic) bond motifs is 1. The Hall–Kier alpha value is -3.36. The van der Waals surface area contributed by atoms with Gasteiger partial charge in [-0.1, -0.05) is 0 Å². The van der Waals surface area contributed by atoms with Crippen molar-refractivity contribution in [2.75, 3.05) is 28.7 Å². The van der Waals surface area contributed by atoms with Crippen molar-refractivity contribution in [2.45, 2.75) is 51.5 Å². The van der Waals surface area contributed by atoms with Gasteiger partial charge in [0.15, 0.2) is 0 Å². The Kier molecular flexibility index (Phi) is 5.92. The number of nitrogens with one attached hydrogen (secondary N) is 3. The highest BCUT2D eigenvalue weighted by Crippen LogP contribution is 2.31. The molecule has 164 valence electrons. The Labute approximate surface area is 180 Å². The first-order valence-electron chi connectivity index (χ1n) is 10.7. The molecule has 4 rings (SSSR count). The smallest absolute Gasteiger partial charge is 0.258 e. The summed E-state index contributed by atoms with van der Waals surface area (Å²) in [6, 6.07) is 7.18. The topological polar surface area (TPSA) is 116 Å². The molecule has 1 aromatic heterocycles. The molecule has 2 amide bonds. The molecule has 2 aliphatic heterocycles. The SMILES string of the molecule is CCOc1ccc(NC(=O)[C@H]2CC(=O)Nc3nc(N4CCCC[C@H]4C)[nH]c(=O)c32)cc1. The molecular formula is C22H27N5O4. The number of H-pyrrole nitrogens is 1. The van der Waals surface area contributed by atoms with Gasteiger partial charge in [0, 0.05) is 24.7 Å². The van der Waals surface area contributed by atoms with E-state index in [-0.39, 0.29) is 29.8 Å². The van der Waals surface area contributed by atoms with Crippen LogP contribution in [-0.4, -0.2) is 41.0 Å². The molecule has 0 saturated carbocycles. The number of hydrogen-bond acceptors (Lipinski definition) is 6. The maximum atomic E-state index is 13.0. The number of aromatic nitrogens is 2. The Morgan fingerprint density at radius 1 is 1.26 bits per heavy atom. The molecule has 0 spiro atoms. The van der Waals surface area contributed by atoms with Crippen LogP contribution in [0.5, 0.6) is 5.75 Å². The molecule has 3 heterocycles. The number of nitrogens with zero attached hydrogens (tertiary/aromatic N) is 2. The number of amides is 2. The lowest BCUT2D eigenvalue weighted by Gasteiger charge is -2.34. The molecule has 2 aromatic rings. The highest BCUT2D eigenvalue weighted by Gasteiger charge is 2.35. The first kappa shape index (κ1) is 20.9.